The van der Waals surface area contributed by atoms with Gasteiger partial charge in [0.2, 0.25) is 10.0 Å². The highest BCUT2D eigenvalue weighted by molar-refractivity contribution is 9.10. The fourth-order valence-corrected chi connectivity index (χ4v) is 3.18. The summed E-state index contributed by atoms with van der Waals surface area (Å²) >= 11 is 3.18. The summed E-state index contributed by atoms with van der Waals surface area (Å²) in [6, 6.07) is 4.22. The Bertz CT molecular complexity index is 535. The summed E-state index contributed by atoms with van der Waals surface area (Å²) in [5.74, 6) is 0. The number of nitrogens with two attached hydrogens (primary N) is 1. The van der Waals surface area contributed by atoms with Crippen LogP contribution in [-0.4, -0.2) is 37.4 Å². The van der Waals surface area contributed by atoms with Crippen LogP contribution in [0.25, 0.3) is 0 Å². The second-order valence-electron chi connectivity index (χ2n) is 4.24. The molecule has 0 amide bonds. The van der Waals surface area contributed by atoms with Crippen molar-refractivity contribution >= 4 is 31.6 Å². The third kappa shape index (κ3) is 3.67. The van der Waals surface area contributed by atoms with Crippen molar-refractivity contribution < 1.29 is 18.6 Å². The number of halogens is 1. The van der Waals surface area contributed by atoms with Gasteiger partial charge in [-0.25, -0.2) is 13.1 Å². The predicted molar refractivity (Wildman–Crippen MR) is 76.1 cm³/mol. The molecule has 0 heterocycles. The molecule has 19 heavy (non-hydrogen) atoms. The summed E-state index contributed by atoms with van der Waals surface area (Å²) in [6.45, 7) is 0.682. The maximum atomic E-state index is 12.2. The number of benzene rings is 1. The van der Waals surface area contributed by atoms with Crippen LogP contribution in [0, 0.1) is 0 Å². The molecule has 0 bridgehead atoms. The molecule has 6 nitrogen and oxygen atoms in total. The SMILES string of the molecule is CCC(CO)(CO)NS(=O)(=O)c1ccc(Br)c(N)c1. The van der Waals surface area contributed by atoms with Crippen LogP contribution in [0.4, 0.5) is 5.69 Å². The average molecular weight is 353 g/mol. The Morgan fingerprint density at radius 2 is 1.95 bits per heavy atom. The standard InChI is InChI=1S/C11H17BrN2O4S/c1-2-11(6-15,7-16)14-19(17,18)8-3-4-9(12)10(13)5-8/h3-5,14-16H,2,6-7,13H2,1H3. The van der Waals surface area contributed by atoms with Crippen molar-refractivity contribution in [1.82, 2.24) is 4.72 Å². The number of sulfonamides is 1. The number of hydrogen-bond donors (Lipinski definition) is 4. The van der Waals surface area contributed by atoms with Gasteiger partial charge < -0.3 is 15.9 Å². The average Bonchev–Trinajstić information content (AvgIpc) is 2.39. The first-order valence-corrected chi connectivity index (χ1v) is 7.88. The number of hydrogen-bond acceptors (Lipinski definition) is 5. The van der Waals surface area contributed by atoms with Gasteiger partial charge in [-0.2, -0.15) is 0 Å². The Labute approximate surface area is 120 Å². The Kier molecular flexibility index (Phi) is 5.34. The van der Waals surface area contributed by atoms with E-state index in [1.807, 2.05) is 0 Å². The number of anilines is 1. The topological polar surface area (TPSA) is 113 Å². The van der Waals surface area contributed by atoms with E-state index in [-0.39, 0.29) is 17.0 Å². The molecule has 8 heteroatoms. The largest absolute Gasteiger partial charge is 0.398 e. The zero-order chi connectivity index (χ0) is 14.7. The first-order valence-electron chi connectivity index (χ1n) is 5.61. The molecule has 0 aliphatic carbocycles. The Morgan fingerprint density at radius 1 is 1.37 bits per heavy atom. The number of aliphatic hydroxyl groups excluding tert-OH is 2. The van der Waals surface area contributed by atoms with Crippen molar-refractivity contribution in [1.29, 1.82) is 0 Å². The normalized spacial score (nSPS) is 12.6. The maximum absolute atomic E-state index is 12.2. The molecular formula is C11H17BrN2O4S. The zero-order valence-corrected chi connectivity index (χ0v) is 12.8. The molecule has 1 aromatic rings. The molecule has 0 saturated carbocycles. The van der Waals surface area contributed by atoms with Crippen LogP contribution < -0.4 is 10.5 Å². The second-order valence-corrected chi connectivity index (χ2v) is 6.78. The van der Waals surface area contributed by atoms with Gasteiger partial charge in [0.1, 0.15) is 0 Å². The van der Waals surface area contributed by atoms with Crippen LogP contribution >= 0.6 is 15.9 Å². The molecule has 108 valence electrons. The number of rotatable bonds is 6. The molecule has 0 radical (unpaired) electrons. The molecule has 0 unspecified atom stereocenters. The van der Waals surface area contributed by atoms with Gasteiger partial charge in [-0.3, -0.25) is 0 Å². The van der Waals surface area contributed by atoms with Gasteiger partial charge in [-0.1, -0.05) is 6.92 Å². The Balaban J connectivity index is 3.14. The van der Waals surface area contributed by atoms with Crippen molar-refractivity contribution in [3.8, 4) is 0 Å². The van der Waals surface area contributed by atoms with E-state index < -0.39 is 28.8 Å². The lowest BCUT2D eigenvalue weighted by Gasteiger charge is -2.29. The van der Waals surface area contributed by atoms with Gasteiger partial charge in [-0.05, 0) is 40.5 Å². The van der Waals surface area contributed by atoms with E-state index in [4.69, 9.17) is 5.73 Å². The van der Waals surface area contributed by atoms with Crippen molar-refractivity contribution in [3.63, 3.8) is 0 Å². The lowest BCUT2D eigenvalue weighted by Crippen LogP contribution is -2.53. The minimum absolute atomic E-state index is 0.0204. The Hall–Kier alpha value is -0.670. The third-order valence-corrected chi connectivity index (χ3v) is 5.21. The van der Waals surface area contributed by atoms with E-state index in [1.165, 1.54) is 18.2 Å². The minimum Gasteiger partial charge on any atom is -0.398 e. The highest BCUT2D eigenvalue weighted by atomic mass is 79.9. The molecule has 0 aliphatic heterocycles. The summed E-state index contributed by atoms with van der Waals surface area (Å²) in [5.41, 5.74) is 4.65. The molecular weight excluding hydrogens is 336 g/mol. The maximum Gasteiger partial charge on any atom is 0.241 e. The van der Waals surface area contributed by atoms with E-state index in [9.17, 15) is 18.6 Å². The van der Waals surface area contributed by atoms with Gasteiger partial charge >= 0.3 is 0 Å². The van der Waals surface area contributed by atoms with Crippen LogP contribution in [0.5, 0.6) is 0 Å². The highest BCUT2D eigenvalue weighted by Gasteiger charge is 2.32. The second kappa shape index (κ2) is 6.19. The summed E-state index contributed by atoms with van der Waals surface area (Å²) in [4.78, 5) is -0.0204. The van der Waals surface area contributed by atoms with Crippen molar-refractivity contribution in [2.24, 2.45) is 0 Å². The van der Waals surface area contributed by atoms with Crippen molar-refractivity contribution in [3.05, 3.63) is 22.7 Å². The lowest BCUT2D eigenvalue weighted by atomic mass is 10.0. The summed E-state index contributed by atoms with van der Waals surface area (Å²) in [7, 11) is -3.86. The van der Waals surface area contributed by atoms with E-state index in [0.29, 0.717) is 4.47 Å². The highest BCUT2D eigenvalue weighted by Crippen LogP contribution is 2.24. The summed E-state index contributed by atoms with van der Waals surface area (Å²) in [5, 5.41) is 18.5. The molecule has 0 spiro atoms. The van der Waals surface area contributed by atoms with Crippen molar-refractivity contribution in [2.75, 3.05) is 18.9 Å². The van der Waals surface area contributed by atoms with Crippen LogP contribution in [0.1, 0.15) is 13.3 Å². The molecule has 0 aromatic heterocycles. The van der Waals surface area contributed by atoms with Crippen LogP contribution in [-0.2, 0) is 10.0 Å². The first-order chi connectivity index (χ1) is 8.80. The fraction of sp³-hybridized carbons (Fsp3) is 0.455. The monoisotopic (exact) mass is 352 g/mol. The summed E-state index contributed by atoms with van der Waals surface area (Å²) in [6.07, 6.45) is 0.255. The smallest absolute Gasteiger partial charge is 0.241 e. The van der Waals surface area contributed by atoms with Crippen LogP contribution in [0.3, 0.4) is 0 Å². The first kappa shape index (κ1) is 16.4. The number of nitrogen functional groups attached to an aromatic ring is 1. The minimum atomic E-state index is -3.86. The van der Waals surface area contributed by atoms with Gasteiger partial charge in [0.15, 0.2) is 0 Å². The van der Waals surface area contributed by atoms with E-state index in [2.05, 4.69) is 20.7 Å². The summed E-state index contributed by atoms with van der Waals surface area (Å²) < 4.78 is 27.3. The third-order valence-electron chi connectivity index (χ3n) is 2.91. The molecule has 0 saturated heterocycles. The molecule has 1 rings (SSSR count). The molecule has 1 aromatic carbocycles. The van der Waals surface area contributed by atoms with Gasteiger partial charge in [-0.15, -0.1) is 0 Å². The number of nitrogens with one attached hydrogen (secondary N) is 1. The van der Waals surface area contributed by atoms with E-state index >= 15 is 0 Å². The van der Waals surface area contributed by atoms with Gasteiger partial charge in [0, 0.05) is 10.2 Å². The van der Waals surface area contributed by atoms with Gasteiger partial charge in [0.05, 0.1) is 23.6 Å². The molecule has 0 aliphatic rings. The van der Waals surface area contributed by atoms with E-state index in [0.717, 1.165) is 0 Å². The zero-order valence-electron chi connectivity index (χ0n) is 10.4. The lowest BCUT2D eigenvalue weighted by molar-refractivity contribution is 0.105. The van der Waals surface area contributed by atoms with E-state index in [1.54, 1.807) is 6.92 Å². The van der Waals surface area contributed by atoms with Crippen molar-refractivity contribution in [2.45, 2.75) is 23.8 Å². The van der Waals surface area contributed by atoms with Crippen LogP contribution in [0.2, 0.25) is 0 Å². The Morgan fingerprint density at radius 3 is 2.37 bits per heavy atom. The van der Waals surface area contributed by atoms with Gasteiger partial charge in [0.25, 0.3) is 0 Å². The molecule has 0 fully saturated rings. The fourth-order valence-electron chi connectivity index (χ4n) is 1.44. The predicted octanol–water partition coefficient (Wildman–Crippen LogP) is 0.443. The van der Waals surface area contributed by atoms with Crippen LogP contribution in [0.15, 0.2) is 27.6 Å². The molecule has 5 N–H and O–H groups in total. The number of aliphatic hydroxyl groups is 2. The quantitative estimate of drug-likeness (QED) is 0.555. The molecule has 0 atom stereocenters.